The molecule has 3 atom stereocenters. The third-order valence-electron chi connectivity index (χ3n) is 6.01. The summed E-state index contributed by atoms with van der Waals surface area (Å²) >= 11 is 0. The fourth-order valence-electron chi connectivity index (χ4n) is 4.08. The summed E-state index contributed by atoms with van der Waals surface area (Å²) in [5, 5.41) is 5.71. The Morgan fingerprint density at radius 1 is 0.791 bits per heavy atom. The van der Waals surface area contributed by atoms with Crippen LogP contribution in [0.3, 0.4) is 0 Å². The van der Waals surface area contributed by atoms with Crippen LogP contribution in [0, 0.1) is 0 Å². The van der Waals surface area contributed by atoms with Crippen molar-refractivity contribution in [2.75, 3.05) is 33.0 Å². The summed E-state index contributed by atoms with van der Waals surface area (Å²) in [7, 11) is 0. The van der Waals surface area contributed by atoms with Gasteiger partial charge in [-0.3, -0.25) is 9.59 Å². The van der Waals surface area contributed by atoms with Crippen LogP contribution in [0.2, 0.25) is 0 Å². The van der Waals surface area contributed by atoms with Crippen molar-refractivity contribution in [3.63, 3.8) is 0 Å². The lowest BCUT2D eigenvalue weighted by Crippen LogP contribution is -2.56. The molecular weight excluding hydrogens is 552 g/mol. The number of alkyl carbamates (subject to hydrolysis) is 1. The summed E-state index contributed by atoms with van der Waals surface area (Å²) in [4.78, 5) is 39.4. The van der Waals surface area contributed by atoms with E-state index in [1.165, 1.54) is 0 Å². The third-order valence-corrected chi connectivity index (χ3v) is 6.01. The fraction of sp³-hybridized carbons (Fsp3) is 0.545. The zero-order chi connectivity index (χ0) is 31.5. The molecule has 2 rings (SSSR count). The van der Waals surface area contributed by atoms with Gasteiger partial charge in [0.05, 0.1) is 45.1 Å². The second-order valence-corrected chi connectivity index (χ2v) is 11.1. The number of ether oxygens (including phenoxy) is 5. The van der Waals surface area contributed by atoms with Crippen LogP contribution >= 0.6 is 0 Å². The normalized spacial score (nSPS) is 13.4. The van der Waals surface area contributed by atoms with E-state index in [1.807, 2.05) is 74.5 Å². The number of hydrogen-bond acceptors (Lipinski definition) is 8. The van der Waals surface area contributed by atoms with Gasteiger partial charge in [-0.2, -0.15) is 0 Å². The molecule has 2 N–H and O–H groups in total. The number of hydrogen-bond donors (Lipinski definition) is 2. The highest BCUT2D eigenvalue weighted by Crippen LogP contribution is 2.14. The maximum Gasteiger partial charge on any atom is 0.408 e. The van der Waals surface area contributed by atoms with E-state index in [-0.39, 0.29) is 26.1 Å². The monoisotopic (exact) mass is 600 g/mol. The molecule has 0 heterocycles. The first-order valence-corrected chi connectivity index (χ1v) is 14.9. The Morgan fingerprint density at radius 2 is 1.40 bits per heavy atom. The highest BCUT2D eigenvalue weighted by molar-refractivity contribution is 5.85. The Hall–Kier alpha value is -3.47. The molecule has 2 aromatic carbocycles. The van der Waals surface area contributed by atoms with Crippen LogP contribution in [0.5, 0.6) is 0 Å². The maximum absolute atomic E-state index is 13.8. The Bertz CT molecular complexity index is 1080. The summed E-state index contributed by atoms with van der Waals surface area (Å²) in [6.07, 6.45) is -1.18. The van der Waals surface area contributed by atoms with Crippen LogP contribution in [-0.4, -0.2) is 74.8 Å². The standard InChI is InChI=1S/C33H48N2O8/c1-6-14-29(36)42-30(28(21-25-15-10-8-11-16-25)35-32(38)43-33(3,4)5)31(37)34-27(23-40-20-19-39-7-2)24-41-22-26-17-12-9-13-18-26/h8-13,15-18,27-28,30H,6-7,14,19-24H2,1-5H3,(H,34,37)(H,35,38)/t27-,28+,30?/m1/s1. The van der Waals surface area contributed by atoms with E-state index < -0.39 is 41.8 Å². The van der Waals surface area contributed by atoms with Crippen LogP contribution in [0.1, 0.15) is 58.6 Å². The van der Waals surface area contributed by atoms with E-state index in [9.17, 15) is 14.4 Å². The van der Waals surface area contributed by atoms with E-state index in [2.05, 4.69) is 10.6 Å². The predicted molar refractivity (Wildman–Crippen MR) is 163 cm³/mol. The smallest absolute Gasteiger partial charge is 0.408 e. The minimum Gasteiger partial charge on any atom is -0.450 e. The van der Waals surface area contributed by atoms with Gasteiger partial charge in [0, 0.05) is 13.0 Å². The van der Waals surface area contributed by atoms with E-state index >= 15 is 0 Å². The summed E-state index contributed by atoms with van der Waals surface area (Å²) < 4.78 is 28.2. The second kappa shape index (κ2) is 19.7. The molecule has 0 aromatic heterocycles. The van der Waals surface area contributed by atoms with Crippen LogP contribution < -0.4 is 10.6 Å². The highest BCUT2D eigenvalue weighted by Gasteiger charge is 2.35. The average Bonchev–Trinajstić information content (AvgIpc) is 2.95. The van der Waals surface area contributed by atoms with E-state index in [0.29, 0.717) is 32.8 Å². The minimum atomic E-state index is -1.34. The van der Waals surface area contributed by atoms with Crippen molar-refractivity contribution in [2.45, 2.75) is 84.3 Å². The van der Waals surface area contributed by atoms with Crippen molar-refractivity contribution in [1.29, 1.82) is 0 Å². The van der Waals surface area contributed by atoms with Crippen LogP contribution in [0.15, 0.2) is 60.7 Å². The Kier molecular flexibility index (Phi) is 16.3. The molecule has 238 valence electrons. The molecule has 43 heavy (non-hydrogen) atoms. The molecule has 0 fully saturated rings. The fourth-order valence-corrected chi connectivity index (χ4v) is 4.08. The number of benzene rings is 2. The molecule has 10 heteroatoms. The quantitative estimate of drug-likeness (QED) is 0.177. The lowest BCUT2D eigenvalue weighted by molar-refractivity contribution is -0.158. The molecular formula is C33H48N2O8. The molecule has 0 saturated carbocycles. The van der Waals surface area contributed by atoms with Crippen LogP contribution in [0.25, 0.3) is 0 Å². The third kappa shape index (κ3) is 15.5. The van der Waals surface area contributed by atoms with E-state index in [1.54, 1.807) is 20.8 Å². The van der Waals surface area contributed by atoms with Crippen molar-refractivity contribution >= 4 is 18.0 Å². The van der Waals surface area contributed by atoms with Crippen molar-refractivity contribution in [3.8, 4) is 0 Å². The summed E-state index contributed by atoms with van der Waals surface area (Å²) in [5.41, 5.74) is 1.06. The Balaban J connectivity index is 2.27. The van der Waals surface area contributed by atoms with Gasteiger partial charge in [-0.05, 0) is 51.7 Å². The van der Waals surface area contributed by atoms with E-state index in [4.69, 9.17) is 23.7 Å². The molecule has 2 amide bonds. The number of nitrogens with one attached hydrogen (secondary N) is 2. The van der Waals surface area contributed by atoms with Gasteiger partial charge in [0.25, 0.3) is 5.91 Å². The van der Waals surface area contributed by atoms with Gasteiger partial charge >= 0.3 is 12.1 Å². The molecule has 10 nitrogen and oxygen atoms in total. The van der Waals surface area contributed by atoms with Gasteiger partial charge < -0.3 is 34.3 Å². The van der Waals surface area contributed by atoms with Gasteiger partial charge in [0.1, 0.15) is 5.60 Å². The lowest BCUT2D eigenvalue weighted by Gasteiger charge is -2.30. The average molecular weight is 601 g/mol. The zero-order valence-corrected chi connectivity index (χ0v) is 26.1. The first kappa shape index (κ1) is 35.7. The first-order chi connectivity index (χ1) is 20.6. The number of amides is 2. The topological polar surface area (TPSA) is 121 Å². The van der Waals surface area contributed by atoms with Gasteiger partial charge in [0.15, 0.2) is 0 Å². The lowest BCUT2D eigenvalue weighted by atomic mass is 10.00. The molecule has 0 radical (unpaired) electrons. The van der Waals surface area contributed by atoms with E-state index in [0.717, 1.165) is 11.1 Å². The summed E-state index contributed by atoms with van der Waals surface area (Å²) in [6.45, 7) is 10.9. The first-order valence-electron chi connectivity index (χ1n) is 14.9. The number of rotatable bonds is 19. The maximum atomic E-state index is 13.8. The molecule has 0 spiro atoms. The van der Waals surface area contributed by atoms with Gasteiger partial charge in [-0.15, -0.1) is 0 Å². The number of carbonyl (C=O) groups is 3. The van der Waals surface area contributed by atoms with Crippen molar-refractivity contribution in [2.24, 2.45) is 0 Å². The van der Waals surface area contributed by atoms with Crippen molar-refractivity contribution in [1.82, 2.24) is 10.6 Å². The summed E-state index contributed by atoms with van der Waals surface area (Å²) in [5.74, 6) is -1.13. The molecule has 0 aliphatic rings. The van der Waals surface area contributed by atoms with Crippen LogP contribution in [-0.2, 0) is 46.3 Å². The number of carbonyl (C=O) groups excluding carboxylic acids is 3. The summed E-state index contributed by atoms with van der Waals surface area (Å²) in [6, 6.07) is 17.5. The Labute approximate surface area is 255 Å². The van der Waals surface area contributed by atoms with Crippen molar-refractivity contribution < 1.29 is 38.1 Å². The molecule has 0 bridgehead atoms. The van der Waals surface area contributed by atoms with Gasteiger partial charge in [-0.25, -0.2) is 4.79 Å². The van der Waals surface area contributed by atoms with Gasteiger partial charge in [-0.1, -0.05) is 67.6 Å². The molecule has 1 unspecified atom stereocenters. The molecule has 0 saturated heterocycles. The molecule has 0 aliphatic carbocycles. The van der Waals surface area contributed by atoms with Crippen LogP contribution in [0.4, 0.5) is 4.79 Å². The minimum absolute atomic E-state index is 0.123. The second-order valence-electron chi connectivity index (χ2n) is 11.1. The predicted octanol–water partition coefficient (Wildman–Crippen LogP) is 4.59. The molecule has 0 aliphatic heterocycles. The highest BCUT2D eigenvalue weighted by atomic mass is 16.6. The SMILES string of the molecule is CCCC(=O)OC(C(=O)N[C@H](COCCOCC)COCc1ccccc1)[C@H](Cc1ccccc1)NC(=O)OC(C)(C)C. The number of esters is 1. The van der Waals surface area contributed by atoms with Crippen molar-refractivity contribution in [3.05, 3.63) is 71.8 Å². The zero-order valence-electron chi connectivity index (χ0n) is 26.1. The molecule has 2 aromatic rings. The largest absolute Gasteiger partial charge is 0.450 e. The van der Waals surface area contributed by atoms with Gasteiger partial charge in [0.2, 0.25) is 6.10 Å². The Morgan fingerprint density at radius 3 is 2.00 bits per heavy atom.